The quantitative estimate of drug-likeness (QED) is 0.905. The second kappa shape index (κ2) is 4.55. The summed E-state index contributed by atoms with van der Waals surface area (Å²) in [5.41, 5.74) is 2.06. The molecular weight excluding hydrogens is 250 g/mol. The fraction of sp³-hybridized carbons (Fsp3) is 0.250. The summed E-state index contributed by atoms with van der Waals surface area (Å²) in [6.07, 6.45) is 0. The Balaban J connectivity index is 2.43. The van der Waals surface area contributed by atoms with Crippen molar-refractivity contribution in [3.63, 3.8) is 0 Å². The van der Waals surface area contributed by atoms with Crippen molar-refractivity contribution in [1.29, 1.82) is 0 Å². The first kappa shape index (κ1) is 12.8. The first-order chi connectivity index (χ1) is 8.39. The molecule has 1 aromatic heterocycles. The Morgan fingerprint density at radius 3 is 2.33 bits per heavy atom. The average molecular weight is 265 g/mol. The molecule has 0 unspecified atom stereocenters. The Morgan fingerprint density at radius 1 is 1.22 bits per heavy atom. The molecule has 0 fully saturated rings. The van der Waals surface area contributed by atoms with E-state index < -0.39 is 10.0 Å². The highest BCUT2D eigenvalue weighted by Gasteiger charge is 2.20. The van der Waals surface area contributed by atoms with E-state index in [2.05, 4.69) is 5.10 Å². The summed E-state index contributed by atoms with van der Waals surface area (Å²) in [5, 5.41) is 9.41. The van der Waals surface area contributed by atoms with E-state index in [1.807, 2.05) is 30.3 Å². The maximum Gasteiger partial charge on any atom is 0.241 e. The van der Waals surface area contributed by atoms with Gasteiger partial charge in [-0.3, -0.25) is 4.68 Å². The van der Waals surface area contributed by atoms with Crippen molar-refractivity contribution in [2.75, 3.05) is 0 Å². The van der Waals surface area contributed by atoms with E-state index in [-0.39, 0.29) is 4.90 Å². The van der Waals surface area contributed by atoms with Crippen LogP contribution in [0, 0.1) is 13.8 Å². The van der Waals surface area contributed by atoms with E-state index in [1.54, 1.807) is 18.5 Å². The van der Waals surface area contributed by atoms with E-state index in [9.17, 15) is 8.42 Å². The number of nitrogens with zero attached hydrogens (tertiary/aromatic N) is 2. The Labute approximate surface area is 106 Å². The number of sulfonamides is 1. The molecule has 1 heterocycles. The molecule has 0 aliphatic rings. The van der Waals surface area contributed by atoms with Crippen molar-refractivity contribution in [1.82, 2.24) is 9.78 Å². The third kappa shape index (κ3) is 2.44. The summed E-state index contributed by atoms with van der Waals surface area (Å²) >= 11 is 0. The van der Waals surface area contributed by atoms with E-state index in [0.29, 0.717) is 17.9 Å². The summed E-state index contributed by atoms with van der Waals surface area (Å²) in [7, 11) is -3.72. The predicted molar refractivity (Wildman–Crippen MR) is 68.6 cm³/mol. The fourth-order valence-corrected chi connectivity index (χ4v) is 2.97. The molecule has 0 saturated heterocycles. The normalized spacial score (nSPS) is 11.7. The van der Waals surface area contributed by atoms with Crippen LogP contribution in [0.25, 0.3) is 0 Å². The second-order valence-corrected chi connectivity index (χ2v) is 5.69. The lowest BCUT2D eigenvalue weighted by molar-refractivity contribution is 0.595. The highest BCUT2D eigenvalue weighted by atomic mass is 32.2. The van der Waals surface area contributed by atoms with Gasteiger partial charge in [-0.15, -0.1) is 0 Å². The number of primary sulfonamides is 1. The Morgan fingerprint density at radius 2 is 1.83 bits per heavy atom. The van der Waals surface area contributed by atoms with Crippen molar-refractivity contribution in [3.8, 4) is 0 Å². The number of nitrogens with two attached hydrogens (primary N) is 1. The highest BCUT2D eigenvalue weighted by molar-refractivity contribution is 7.89. The zero-order chi connectivity index (χ0) is 13.3. The summed E-state index contributed by atoms with van der Waals surface area (Å²) in [6.45, 7) is 3.89. The van der Waals surface area contributed by atoms with Crippen molar-refractivity contribution < 1.29 is 8.42 Å². The molecule has 0 radical (unpaired) electrons. The van der Waals surface area contributed by atoms with Gasteiger partial charge in [0.1, 0.15) is 4.90 Å². The molecule has 2 aromatic rings. The Bertz CT molecular complexity index is 660. The van der Waals surface area contributed by atoms with Crippen molar-refractivity contribution >= 4 is 10.0 Å². The zero-order valence-corrected chi connectivity index (χ0v) is 11.1. The molecule has 0 aliphatic carbocycles. The largest absolute Gasteiger partial charge is 0.264 e. The summed E-state index contributed by atoms with van der Waals surface area (Å²) in [5.74, 6) is 0. The van der Waals surface area contributed by atoms with Crippen LogP contribution < -0.4 is 5.14 Å². The van der Waals surface area contributed by atoms with Crippen LogP contribution in [-0.2, 0) is 16.6 Å². The smallest absolute Gasteiger partial charge is 0.241 e. The summed E-state index contributed by atoms with van der Waals surface area (Å²) < 4.78 is 24.6. The highest BCUT2D eigenvalue weighted by Crippen LogP contribution is 2.18. The summed E-state index contributed by atoms with van der Waals surface area (Å²) in [6, 6.07) is 9.73. The third-order valence-corrected chi connectivity index (χ3v) is 3.93. The zero-order valence-electron chi connectivity index (χ0n) is 10.3. The molecule has 1 aromatic carbocycles. The van der Waals surface area contributed by atoms with Crippen LogP contribution in [0.15, 0.2) is 35.2 Å². The van der Waals surface area contributed by atoms with Gasteiger partial charge < -0.3 is 0 Å². The molecule has 6 heteroatoms. The van der Waals surface area contributed by atoms with Gasteiger partial charge in [-0.1, -0.05) is 30.3 Å². The minimum atomic E-state index is -3.72. The summed E-state index contributed by atoms with van der Waals surface area (Å²) in [4.78, 5) is 0.124. The Hall–Kier alpha value is -1.66. The lowest BCUT2D eigenvalue weighted by Crippen LogP contribution is -2.14. The van der Waals surface area contributed by atoms with E-state index in [0.717, 1.165) is 5.56 Å². The monoisotopic (exact) mass is 265 g/mol. The SMILES string of the molecule is Cc1nn(Cc2ccccc2)c(C)c1S(N)(=O)=O. The molecule has 2 rings (SSSR count). The van der Waals surface area contributed by atoms with Gasteiger partial charge in [0.15, 0.2) is 0 Å². The van der Waals surface area contributed by atoms with Crippen LogP contribution in [0.2, 0.25) is 0 Å². The van der Waals surface area contributed by atoms with Gasteiger partial charge in [0.2, 0.25) is 10.0 Å². The number of hydrogen-bond donors (Lipinski definition) is 1. The van der Waals surface area contributed by atoms with E-state index >= 15 is 0 Å². The molecule has 0 atom stereocenters. The first-order valence-corrected chi connectivity index (χ1v) is 7.05. The molecule has 0 amide bonds. The van der Waals surface area contributed by atoms with Crippen LogP contribution in [-0.4, -0.2) is 18.2 Å². The number of aryl methyl sites for hydroxylation is 1. The second-order valence-electron chi connectivity index (χ2n) is 4.19. The van der Waals surface area contributed by atoms with Gasteiger partial charge in [0.05, 0.1) is 17.9 Å². The van der Waals surface area contributed by atoms with Crippen LogP contribution in [0.5, 0.6) is 0 Å². The molecule has 5 nitrogen and oxygen atoms in total. The molecule has 96 valence electrons. The average Bonchev–Trinajstić information content (AvgIpc) is 2.54. The van der Waals surface area contributed by atoms with Crippen molar-refractivity contribution in [2.45, 2.75) is 25.3 Å². The number of benzene rings is 1. The third-order valence-electron chi connectivity index (χ3n) is 2.77. The van der Waals surface area contributed by atoms with Gasteiger partial charge >= 0.3 is 0 Å². The lowest BCUT2D eigenvalue weighted by Gasteiger charge is -2.04. The molecule has 0 bridgehead atoms. The maximum absolute atomic E-state index is 11.5. The minimum absolute atomic E-state index is 0.124. The fourth-order valence-electron chi connectivity index (χ4n) is 2.00. The predicted octanol–water partition coefficient (Wildman–Crippen LogP) is 1.20. The van der Waals surface area contributed by atoms with Crippen LogP contribution in [0.3, 0.4) is 0 Å². The van der Waals surface area contributed by atoms with Crippen molar-refractivity contribution in [3.05, 3.63) is 47.3 Å². The van der Waals surface area contributed by atoms with Gasteiger partial charge in [0, 0.05) is 0 Å². The number of hydrogen-bond acceptors (Lipinski definition) is 3. The van der Waals surface area contributed by atoms with Crippen LogP contribution in [0.4, 0.5) is 0 Å². The lowest BCUT2D eigenvalue weighted by atomic mass is 10.2. The van der Waals surface area contributed by atoms with Crippen molar-refractivity contribution in [2.24, 2.45) is 5.14 Å². The van der Waals surface area contributed by atoms with Crippen LogP contribution in [0.1, 0.15) is 17.0 Å². The van der Waals surface area contributed by atoms with Gasteiger partial charge in [-0.25, -0.2) is 13.6 Å². The molecule has 0 aliphatic heterocycles. The van der Waals surface area contributed by atoms with Gasteiger partial charge in [-0.05, 0) is 19.4 Å². The minimum Gasteiger partial charge on any atom is -0.264 e. The number of rotatable bonds is 3. The number of aromatic nitrogens is 2. The topological polar surface area (TPSA) is 78.0 Å². The van der Waals surface area contributed by atoms with Gasteiger partial charge in [-0.2, -0.15) is 5.10 Å². The van der Waals surface area contributed by atoms with E-state index in [4.69, 9.17) is 5.14 Å². The molecule has 2 N–H and O–H groups in total. The maximum atomic E-state index is 11.5. The standard InChI is InChI=1S/C12H15N3O2S/c1-9-12(18(13,16)17)10(2)15(14-9)8-11-6-4-3-5-7-11/h3-7H,8H2,1-2H3,(H2,13,16,17). The first-order valence-electron chi connectivity index (χ1n) is 5.50. The molecular formula is C12H15N3O2S. The molecule has 0 spiro atoms. The van der Waals surface area contributed by atoms with E-state index in [1.165, 1.54) is 0 Å². The Kier molecular flexibility index (Phi) is 3.23. The van der Waals surface area contributed by atoms with Crippen LogP contribution >= 0.6 is 0 Å². The molecule has 18 heavy (non-hydrogen) atoms. The van der Waals surface area contributed by atoms with Gasteiger partial charge in [0.25, 0.3) is 0 Å². The molecule has 0 saturated carbocycles.